The molecule has 0 radical (unpaired) electrons. The Morgan fingerprint density at radius 2 is 1.62 bits per heavy atom. The lowest BCUT2D eigenvalue weighted by atomic mass is 9.84. The van der Waals surface area contributed by atoms with Crippen LogP contribution in [0.3, 0.4) is 0 Å². The van der Waals surface area contributed by atoms with Gasteiger partial charge in [0.1, 0.15) is 5.54 Å². The summed E-state index contributed by atoms with van der Waals surface area (Å²) in [6.45, 7) is 0.368. The molecule has 1 aliphatic heterocycles. The van der Waals surface area contributed by atoms with Gasteiger partial charge in [-0.1, -0.05) is 48.5 Å². The third kappa shape index (κ3) is 2.15. The third-order valence-electron chi connectivity index (χ3n) is 4.83. The highest BCUT2D eigenvalue weighted by molar-refractivity contribution is 5.92. The fourth-order valence-corrected chi connectivity index (χ4v) is 3.75. The van der Waals surface area contributed by atoms with Gasteiger partial charge in [-0.15, -0.1) is 0 Å². The first-order valence-corrected chi connectivity index (χ1v) is 8.01. The zero-order valence-electron chi connectivity index (χ0n) is 13.0. The van der Waals surface area contributed by atoms with Crippen molar-refractivity contribution in [3.8, 4) is 11.3 Å². The second kappa shape index (κ2) is 5.38. The van der Waals surface area contributed by atoms with Crippen molar-refractivity contribution in [2.75, 3.05) is 6.54 Å². The molecule has 0 amide bonds. The largest absolute Gasteiger partial charge is 0.410 e. The normalized spacial score (nSPS) is 21.5. The highest BCUT2D eigenvalue weighted by Gasteiger charge is 2.59. The first-order valence-electron chi connectivity index (χ1n) is 8.01. The molecule has 1 atom stereocenters. The molecule has 1 aliphatic rings. The summed E-state index contributed by atoms with van der Waals surface area (Å²) < 4.78 is 42.4. The molecule has 1 aromatic heterocycles. The van der Waals surface area contributed by atoms with Crippen LogP contribution in [0.5, 0.6) is 0 Å². The summed E-state index contributed by atoms with van der Waals surface area (Å²) in [4.78, 5) is 3.21. The Morgan fingerprint density at radius 3 is 2.29 bits per heavy atom. The number of benzene rings is 2. The molecule has 1 saturated heterocycles. The molecule has 124 valence electrons. The molecule has 24 heavy (non-hydrogen) atoms. The van der Waals surface area contributed by atoms with Crippen molar-refractivity contribution < 1.29 is 13.2 Å². The van der Waals surface area contributed by atoms with Gasteiger partial charge in [0, 0.05) is 16.5 Å². The first-order chi connectivity index (χ1) is 11.5. The Kier molecular flexibility index (Phi) is 3.42. The molecule has 0 aliphatic carbocycles. The summed E-state index contributed by atoms with van der Waals surface area (Å²) in [5.74, 6) is 0. The molecule has 1 fully saturated rings. The molecular weight excluding hydrogens is 313 g/mol. The number of hydrogen-bond acceptors (Lipinski definition) is 1. The summed E-state index contributed by atoms with van der Waals surface area (Å²) in [6, 6.07) is 16.4. The van der Waals surface area contributed by atoms with E-state index in [4.69, 9.17) is 0 Å². The molecule has 1 unspecified atom stereocenters. The van der Waals surface area contributed by atoms with E-state index >= 15 is 0 Å². The SMILES string of the molecule is FC(F)(F)C1(c2c(-c3ccccc3)[nH]c3ccccc23)CCCN1. The molecule has 5 heteroatoms. The fourth-order valence-electron chi connectivity index (χ4n) is 3.75. The van der Waals surface area contributed by atoms with Crippen LogP contribution in [-0.4, -0.2) is 17.7 Å². The molecule has 4 rings (SSSR count). The van der Waals surface area contributed by atoms with Crippen LogP contribution in [0.15, 0.2) is 54.6 Å². The summed E-state index contributed by atoms with van der Waals surface area (Å²) in [5, 5.41) is 3.40. The monoisotopic (exact) mass is 330 g/mol. The summed E-state index contributed by atoms with van der Waals surface area (Å²) in [6.07, 6.45) is -3.80. The Morgan fingerprint density at radius 1 is 0.917 bits per heavy atom. The van der Waals surface area contributed by atoms with Gasteiger partial charge in [0.05, 0.1) is 5.69 Å². The number of para-hydroxylation sites is 1. The van der Waals surface area contributed by atoms with Crippen molar-refractivity contribution in [2.45, 2.75) is 24.6 Å². The first kappa shape index (κ1) is 15.3. The van der Waals surface area contributed by atoms with Crippen LogP contribution in [0.1, 0.15) is 18.4 Å². The number of aromatic amines is 1. The highest BCUT2D eigenvalue weighted by Crippen LogP contribution is 2.50. The van der Waals surface area contributed by atoms with Gasteiger partial charge in [-0.3, -0.25) is 5.32 Å². The van der Waals surface area contributed by atoms with E-state index in [2.05, 4.69) is 10.3 Å². The van der Waals surface area contributed by atoms with Crippen LogP contribution in [0, 0.1) is 0 Å². The van der Waals surface area contributed by atoms with Crippen LogP contribution in [0.25, 0.3) is 22.2 Å². The quantitative estimate of drug-likeness (QED) is 0.682. The van der Waals surface area contributed by atoms with Crippen molar-refractivity contribution in [3.05, 3.63) is 60.2 Å². The lowest BCUT2D eigenvalue weighted by Gasteiger charge is -2.33. The second-order valence-corrected chi connectivity index (χ2v) is 6.22. The molecule has 2 aromatic carbocycles. The van der Waals surface area contributed by atoms with Crippen molar-refractivity contribution in [2.24, 2.45) is 0 Å². The van der Waals surface area contributed by atoms with E-state index in [0.717, 1.165) is 11.1 Å². The Hall–Kier alpha value is -2.27. The van der Waals surface area contributed by atoms with E-state index in [9.17, 15) is 13.2 Å². The highest BCUT2D eigenvalue weighted by atomic mass is 19.4. The van der Waals surface area contributed by atoms with Crippen molar-refractivity contribution >= 4 is 10.9 Å². The van der Waals surface area contributed by atoms with Crippen molar-refractivity contribution in [1.82, 2.24) is 10.3 Å². The number of fused-ring (bicyclic) bond motifs is 1. The Balaban J connectivity index is 2.07. The maximum absolute atomic E-state index is 14.1. The van der Waals surface area contributed by atoms with Crippen LogP contribution in [0.2, 0.25) is 0 Å². The van der Waals surface area contributed by atoms with Gasteiger partial charge in [0.15, 0.2) is 0 Å². The van der Waals surface area contributed by atoms with E-state index < -0.39 is 11.7 Å². The van der Waals surface area contributed by atoms with Gasteiger partial charge >= 0.3 is 6.18 Å². The van der Waals surface area contributed by atoms with Crippen molar-refractivity contribution in [1.29, 1.82) is 0 Å². The van der Waals surface area contributed by atoms with Crippen LogP contribution < -0.4 is 5.32 Å². The van der Waals surface area contributed by atoms with Crippen LogP contribution in [0.4, 0.5) is 13.2 Å². The van der Waals surface area contributed by atoms with E-state index in [1.54, 1.807) is 12.1 Å². The lowest BCUT2D eigenvalue weighted by molar-refractivity contribution is -0.195. The number of rotatable bonds is 2. The van der Waals surface area contributed by atoms with Gasteiger partial charge in [0.2, 0.25) is 0 Å². The number of H-pyrrole nitrogens is 1. The molecule has 2 N–H and O–H groups in total. The number of hydrogen-bond donors (Lipinski definition) is 2. The molecule has 0 saturated carbocycles. The Labute approximate surface area is 137 Å². The van der Waals surface area contributed by atoms with Crippen LogP contribution >= 0.6 is 0 Å². The van der Waals surface area contributed by atoms with Crippen molar-refractivity contribution in [3.63, 3.8) is 0 Å². The maximum Gasteiger partial charge on any atom is 0.410 e. The van der Waals surface area contributed by atoms with E-state index in [1.807, 2.05) is 42.5 Å². The molecule has 0 bridgehead atoms. The summed E-state index contributed by atoms with van der Waals surface area (Å²) >= 11 is 0. The number of halogens is 3. The molecule has 0 spiro atoms. The van der Waals surface area contributed by atoms with Gasteiger partial charge < -0.3 is 4.98 Å². The predicted octanol–water partition coefficient (Wildman–Crippen LogP) is 4.98. The zero-order valence-corrected chi connectivity index (χ0v) is 13.0. The standard InChI is InChI=1S/C19H17F3N2/c20-19(21,22)18(11-6-12-23-18)16-14-9-4-5-10-15(14)24-17(16)13-7-2-1-3-8-13/h1-5,7-10,23-24H,6,11-12H2. The second-order valence-electron chi connectivity index (χ2n) is 6.22. The molecule has 2 nitrogen and oxygen atoms in total. The van der Waals surface area contributed by atoms with E-state index in [1.165, 1.54) is 0 Å². The number of aromatic nitrogens is 1. The zero-order chi connectivity index (χ0) is 16.8. The minimum atomic E-state index is -4.36. The number of alkyl halides is 3. The van der Waals surface area contributed by atoms with Gasteiger partial charge in [-0.05, 0) is 31.0 Å². The topological polar surface area (TPSA) is 27.8 Å². The average molecular weight is 330 g/mol. The Bertz CT molecular complexity index is 859. The predicted molar refractivity (Wildman–Crippen MR) is 88.7 cm³/mol. The lowest BCUT2D eigenvalue weighted by Crippen LogP contribution is -2.50. The molecule has 2 heterocycles. The fraction of sp³-hybridized carbons (Fsp3) is 0.263. The maximum atomic E-state index is 14.1. The molecule has 3 aromatic rings. The molecular formula is C19H17F3N2. The minimum absolute atomic E-state index is 0.0538. The van der Waals surface area contributed by atoms with Crippen LogP contribution in [-0.2, 0) is 5.54 Å². The van der Waals surface area contributed by atoms with Gasteiger partial charge in [0.25, 0.3) is 0 Å². The van der Waals surface area contributed by atoms with Gasteiger partial charge in [-0.2, -0.15) is 13.2 Å². The van der Waals surface area contributed by atoms with E-state index in [-0.39, 0.29) is 6.42 Å². The van der Waals surface area contributed by atoms with E-state index in [0.29, 0.717) is 29.6 Å². The minimum Gasteiger partial charge on any atom is -0.354 e. The van der Waals surface area contributed by atoms with Gasteiger partial charge in [-0.25, -0.2) is 0 Å². The number of nitrogens with one attached hydrogen (secondary N) is 2. The summed E-state index contributed by atoms with van der Waals surface area (Å²) in [7, 11) is 0. The average Bonchev–Trinajstić information content (AvgIpc) is 3.20. The third-order valence-corrected chi connectivity index (χ3v) is 4.83. The summed E-state index contributed by atoms with van der Waals surface area (Å²) in [5.41, 5.74) is 0.347. The smallest absolute Gasteiger partial charge is 0.354 e.